The predicted molar refractivity (Wildman–Crippen MR) is 107 cm³/mol. The highest BCUT2D eigenvalue weighted by atomic mass is 16.5. The summed E-state index contributed by atoms with van der Waals surface area (Å²) < 4.78 is 16.2. The van der Waals surface area contributed by atoms with Crippen molar-refractivity contribution in [1.29, 1.82) is 0 Å². The molecule has 0 aliphatic heterocycles. The van der Waals surface area contributed by atoms with Crippen molar-refractivity contribution in [3.05, 3.63) is 52.6 Å². The number of carbonyl (C=O) groups is 1. The van der Waals surface area contributed by atoms with Gasteiger partial charge in [0.2, 0.25) is 0 Å². The molecule has 0 saturated heterocycles. The third-order valence-corrected chi connectivity index (χ3v) is 4.69. The van der Waals surface area contributed by atoms with Crippen LogP contribution in [0.2, 0.25) is 0 Å². The van der Waals surface area contributed by atoms with Crippen LogP contribution in [0.1, 0.15) is 59.8 Å². The van der Waals surface area contributed by atoms with Crippen LogP contribution < -0.4 is 19.5 Å². The molecule has 1 atom stereocenters. The first-order chi connectivity index (χ1) is 12.8. The molecule has 0 radical (unpaired) electrons. The minimum atomic E-state index is -0.244. The van der Waals surface area contributed by atoms with Crippen LogP contribution in [0.5, 0.6) is 17.2 Å². The van der Waals surface area contributed by atoms with Crippen LogP contribution in [-0.2, 0) is 0 Å². The van der Waals surface area contributed by atoms with Crippen molar-refractivity contribution in [2.75, 3.05) is 21.3 Å². The van der Waals surface area contributed by atoms with Gasteiger partial charge in [0.05, 0.1) is 27.4 Å². The van der Waals surface area contributed by atoms with Crippen molar-refractivity contribution < 1.29 is 19.0 Å². The number of hydrogen-bond acceptors (Lipinski definition) is 4. The molecule has 5 heteroatoms. The fraction of sp³-hybridized carbons (Fsp3) is 0.409. The van der Waals surface area contributed by atoms with Gasteiger partial charge in [0, 0.05) is 11.1 Å². The number of hydrogen-bond donors (Lipinski definition) is 1. The number of rotatable bonds is 7. The number of aryl methyl sites for hydroxylation is 1. The molecule has 2 aromatic carbocycles. The monoisotopic (exact) mass is 371 g/mol. The summed E-state index contributed by atoms with van der Waals surface area (Å²) in [6.07, 6.45) is 0. The third-order valence-electron chi connectivity index (χ3n) is 4.69. The largest absolute Gasteiger partial charge is 0.497 e. The van der Waals surface area contributed by atoms with Crippen LogP contribution in [0, 0.1) is 6.92 Å². The minimum Gasteiger partial charge on any atom is -0.497 e. The van der Waals surface area contributed by atoms with Gasteiger partial charge in [-0.05, 0) is 61.2 Å². The molecule has 5 nitrogen and oxygen atoms in total. The van der Waals surface area contributed by atoms with E-state index in [9.17, 15) is 4.79 Å². The van der Waals surface area contributed by atoms with Gasteiger partial charge < -0.3 is 19.5 Å². The lowest BCUT2D eigenvalue weighted by molar-refractivity contribution is 0.0938. The fourth-order valence-corrected chi connectivity index (χ4v) is 3.10. The van der Waals surface area contributed by atoms with Crippen molar-refractivity contribution >= 4 is 5.91 Å². The summed E-state index contributed by atoms with van der Waals surface area (Å²) in [5, 5.41) is 3.07. The summed E-state index contributed by atoms with van der Waals surface area (Å²) in [6, 6.07) is 9.15. The van der Waals surface area contributed by atoms with Crippen LogP contribution in [0.3, 0.4) is 0 Å². The van der Waals surface area contributed by atoms with E-state index in [1.54, 1.807) is 21.3 Å². The molecule has 27 heavy (non-hydrogen) atoms. The molecule has 0 saturated carbocycles. The van der Waals surface area contributed by atoms with E-state index in [2.05, 4.69) is 19.2 Å². The predicted octanol–water partition coefficient (Wildman–Crippen LogP) is 4.64. The number of carbonyl (C=O) groups excluding carboxylic acids is 1. The van der Waals surface area contributed by atoms with Gasteiger partial charge in [-0.3, -0.25) is 4.79 Å². The van der Waals surface area contributed by atoms with E-state index < -0.39 is 0 Å². The quantitative estimate of drug-likeness (QED) is 0.771. The molecule has 0 unspecified atom stereocenters. The normalized spacial score (nSPS) is 11.9. The first-order valence-electron chi connectivity index (χ1n) is 9.03. The summed E-state index contributed by atoms with van der Waals surface area (Å²) in [5.41, 5.74) is 3.40. The zero-order valence-electron chi connectivity index (χ0n) is 17.2. The molecule has 146 valence electrons. The van der Waals surface area contributed by atoms with Gasteiger partial charge in [0.25, 0.3) is 5.91 Å². The highest BCUT2D eigenvalue weighted by molar-refractivity contribution is 5.96. The minimum absolute atomic E-state index is 0.130. The lowest BCUT2D eigenvalue weighted by Gasteiger charge is -2.20. The second kappa shape index (κ2) is 8.80. The standard InChI is InChI=1S/C22H29NO4/c1-13(2)17-12-18(14(3)10-21(17)27-7)22(24)23-15(4)19-11-16(25-5)8-9-20(19)26-6/h8-13,15H,1-7H3,(H,23,24)/t15-/m1/s1. The molecule has 1 N–H and O–H groups in total. The molecule has 0 heterocycles. The maximum atomic E-state index is 13.0. The van der Waals surface area contributed by atoms with Gasteiger partial charge in [0.1, 0.15) is 17.2 Å². The maximum absolute atomic E-state index is 13.0. The topological polar surface area (TPSA) is 56.8 Å². The fourth-order valence-electron chi connectivity index (χ4n) is 3.10. The molecular formula is C22H29NO4. The molecule has 2 rings (SSSR count). The van der Waals surface area contributed by atoms with E-state index in [1.165, 1.54) is 0 Å². The SMILES string of the molecule is COc1ccc(OC)c([C@@H](C)NC(=O)c2cc(C(C)C)c(OC)cc2C)c1. The van der Waals surface area contributed by atoms with Crippen LogP contribution in [0.4, 0.5) is 0 Å². The average Bonchev–Trinajstić information content (AvgIpc) is 2.66. The van der Waals surface area contributed by atoms with E-state index in [0.717, 1.165) is 28.2 Å². The maximum Gasteiger partial charge on any atom is 0.252 e. The van der Waals surface area contributed by atoms with E-state index in [0.29, 0.717) is 11.3 Å². The Morgan fingerprint density at radius 3 is 2.11 bits per heavy atom. The Balaban J connectivity index is 2.33. The summed E-state index contributed by atoms with van der Waals surface area (Å²) in [6.45, 7) is 8.01. The Labute approximate surface area is 161 Å². The van der Waals surface area contributed by atoms with Gasteiger partial charge in [-0.25, -0.2) is 0 Å². The number of nitrogens with one attached hydrogen (secondary N) is 1. The Kier molecular flexibility index (Phi) is 6.72. The average molecular weight is 371 g/mol. The van der Waals surface area contributed by atoms with Crippen LogP contribution in [0.15, 0.2) is 30.3 Å². The molecule has 0 aromatic heterocycles. The van der Waals surface area contributed by atoms with Gasteiger partial charge in [-0.15, -0.1) is 0 Å². The number of methoxy groups -OCH3 is 3. The molecule has 0 bridgehead atoms. The zero-order chi connectivity index (χ0) is 20.1. The summed E-state index contributed by atoms with van der Waals surface area (Å²) in [7, 11) is 4.88. The lowest BCUT2D eigenvalue weighted by Crippen LogP contribution is -2.27. The third kappa shape index (κ3) is 4.54. The van der Waals surface area contributed by atoms with Crippen molar-refractivity contribution in [3.63, 3.8) is 0 Å². The summed E-state index contributed by atoms with van der Waals surface area (Å²) >= 11 is 0. The van der Waals surface area contributed by atoms with Crippen LogP contribution >= 0.6 is 0 Å². The Bertz CT molecular complexity index is 814. The van der Waals surface area contributed by atoms with Gasteiger partial charge in [-0.1, -0.05) is 13.8 Å². The summed E-state index contributed by atoms with van der Waals surface area (Å²) in [5.74, 6) is 2.35. The van der Waals surface area contributed by atoms with Gasteiger partial charge >= 0.3 is 0 Å². The van der Waals surface area contributed by atoms with Crippen molar-refractivity contribution in [3.8, 4) is 17.2 Å². The van der Waals surface area contributed by atoms with E-state index in [1.807, 2.05) is 44.2 Å². The zero-order valence-corrected chi connectivity index (χ0v) is 17.2. The van der Waals surface area contributed by atoms with E-state index in [4.69, 9.17) is 14.2 Å². The Morgan fingerprint density at radius 2 is 1.56 bits per heavy atom. The van der Waals surface area contributed by atoms with E-state index in [-0.39, 0.29) is 17.9 Å². The second-order valence-electron chi connectivity index (χ2n) is 6.87. The van der Waals surface area contributed by atoms with Gasteiger partial charge in [-0.2, -0.15) is 0 Å². The molecular weight excluding hydrogens is 342 g/mol. The first kappa shape index (κ1) is 20.6. The summed E-state index contributed by atoms with van der Waals surface area (Å²) in [4.78, 5) is 13.0. The Morgan fingerprint density at radius 1 is 0.889 bits per heavy atom. The molecule has 1 amide bonds. The second-order valence-corrected chi connectivity index (χ2v) is 6.87. The van der Waals surface area contributed by atoms with E-state index >= 15 is 0 Å². The lowest BCUT2D eigenvalue weighted by atomic mass is 9.95. The molecule has 2 aromatic rings. The number of ether oxygens (including phenoxy) is 3. The molecule has 0 aliphatic carbocycles. The van der Waals surface area contributed by atoms with Crippen molar-refractivity contribution in [2.45, 2.75) is 39.7 Å². The number of benzene rings is 2. The van der Waals surface area contributed by atoms with Crippen molar-refractivity contribution in [1.82, 2.24) is 5.32 Å². The van der Waals surface area contributed by atoms with Crippen LogP contribution in [0.25, 0.3) is 0 Å². The smallest absolute Gasteiger partial charge is 0.252 e. The van der Waals surface area contributed by atoms with Gasteiger partial charge in [0.15, 0.2) is 0 Å². The first-order valence-corrected chi connectivity index (χ1v) is 9.03. The Hall–Kier alpha value is -2.69. The highest BCUT2D eigenvalue weighted by Crippen LogP contribution is 2.31. The van der Waals surface area contributed by atoms with Crippen molar-refractivity contribution in [2.24, 2.45) is 0 Å². The highest BCUT2D eigenvalue weighted by Gasteiger charge is 2.20. The molecule has 0 spiro atoms. The van der Waals surface area contributed by atoms with Crippen LogP contribution in [-0.4, -0.2) is 27.2 Å². The molecule has 0 aliphatic rings. The number of amides is 1. The molecule has 0 fully saturated rings.